The van der Waals surface area contributed by atoms with Gasteiger partial charge in [-0.25, -0.2) is 12.7 Å². The van der Waals surface area contributed by atoms with Gasteiger partial charge in [-0.1, -0.05) is 6.07 Å². The van der Waals surface area contributed by atoms with Crippen molar-refractivity contribution < 1.29 is 13.2 Å². The van der Waals surface area contributed by atoms with Crippen molar-refractivity contribution in [2.45, 2.75) is 23.6 Å². The van der Waals surface area contributed by atoms with Gasteiger partial charge < -0.3 is 4.90 Å². The normalized spacial score (nSPS) is 15.9. The summed E-state index contributed by atoms with van der Waals surface area (Å²) in [5.41, 5.74) is 1.23. The second kappa shape index (κ2) is 9.60. The number of carbonyl (C=O) groups is 1. The number of nitrogens with zero attached hydrogens (tertiary/aromatic N) is 4. The summed E-state index contributed by atoms with van der Waals surface area (Å²) < 4.78 is 26.4. The number of amides is 1. The van der Waals surface area contributed by atoms with Crippen LogP contribution in [0.4, 0.5) is 0 Å². The van der Waals surface area contributed by atoms with Crippen LogP contribution in [0.15, 0.2) is 46.2 Å². The van der Waals surface area contributed by atoms with Crippen LogP contribution in [-0.2, 0) is 21.4 Å². The van der Waals surface area contributed by atoms with Crippen molar-refractivity contribution in [3.8, 4) is 0 Å². The minimum absolute atomic E-state index is 0.102. The molecule has 1 saturated heterocycles. The maximum atomic E-state index is 12.5. The van der Waals surface area contributed by atoms with E-state index in [1.54, 1.807) is 37.0 Å². The highest BCUT2D eigenvalue weighted by Crippen LogP contribution is 2.20. The molecule has 3 heterocycles. The number of rotatable bonds is 8. The first-order chi connectivity index (χ1) is 13.5. The highest BCUT2D eigenvalue weighted by molar-refractivity contribution is 7.91. The van der Waals surface area contributed by atoms with Crippen LogP contribution in [0.25, 0.3) is 0 Å². The molecule has 1 fully saturated rings. The molecule has 7 nitrogen and oxygen atoms in total. The first-order valence-corrected chi connectivity index (χ1v) is 11.7. The Balaban J connectivity index is 1.39. The van der Waals surface area contributed by atoms with Gasteiger partial charge in [-0.2, -0.15) is 0 Å². The Labute approximate surface area is 170 Å². The zero-order valence-corrected chi connectivity index (χ0v) is 17.7. The molecule has 1 aliphatic rings. The standard InChI is InChI=1S/C19H26N4O3S2/c1-21(28(25,26)19-5-3-15-27-19)10-2-4-18(24)23-13-11-22(12-14-23)16-17-6-8-20-9-7-17/h3,5-9,15H,2,4,10-14,16H2,1H3. The summed E-state index contributed by atoms with van der Waals surface area (Å²) in [6.07, 6.45) is 4.49. The molecule has 0 bridgehead atoms. The van der Waals surface area contributed by atoms with E-state index in [-0.39, 0.29) is 5.91 Å². The Morgan fingerprint density at radius 2 is 1.89 bits per heavy atom. The number of carbonyl (C=O) groups excluding carboxylic acids is 1. The lowest BCUT2D eigenvalue weighted by molar-refractivity contribution is -0.133. The van der Waals surface area contributed by atoms with Gasteiger partial charge in [0, 0.05) is 65.1 Å². The van der Waals surface area contributed by atoms with E-state index in [4.69, 9.17) is 0 Å². The van der Waals surface area contributed by atoms with Crippen molar-refractivity contribution in [1.82, 2.24) is 19.1 Å². The van der Waals surface area contributed by atoms with Gasteiger partial charge in [0.1, 0.15) is 4.21 Å². The number of pyridine rings is 1. The summed E-state index contributed by atoms with van der Waals surface area (Å²) in [7, 11) is -1.87. The number of piperazine rings is 1. The van der Waals surface area contributed by atoms with E-state index in [9.17, 15) is 13.2 Å². The van der Waals surface area contributed by atoms with Crippen molar-refractivity contribution in [3.63, 3.8) is 0 Å². The first kappa shape index (κ1) is 20.9. The molecule has 1 aliphatic heterocycles. The van der Waals surface area contributed by atoms with E-state index < -0.39 is 10.0 Å². The van der Waals surface area contributed by atoms with Crippen molar-refractivity contribution in [2.75, 3.05) is 39.8 Å². The summed E-state index contributed by atoms with van der Waals surface area (Å²) in [5.74, 6) is 0.102. The maximum absolute atomic E-state index is 12.5. The molecule has 3 rings (SSSR count). The molecule has 0 aliphatic carbocycles. The van der Waals surface area contributed by atoms with Crippen LogP contribution in [0.3, 0.4) is 0 Å². The number of thiophene rings is 1. The van der Waals surface area contributed by atoms with Crippen molar-refractivity contribution >= 4 is 27.3 Å². The highest BCUT2D eigenvalue weighted by Gasteiger charge is 2.23. The fraction of sp³-hybridized carbons (Fsp3) is 0.474. The van der Waals surface area contributed by atoms with E-state index in [0.29, 0.717) is 36.7 Å². The average molecular weight is 423 g/mol. The predicted octanol–water partition coefficient (Wildman–Crippen LogP) is 1.89. The lowest BCUT2D eigenvalue weighted by Crippen LogP contribution is -2.48. The molecular weight excluding hydrogens is 396 g/mol. The van der Waals surface area contributed by atoms with E-state index >= 15 is 0 Å². The SMILES string of the molecule is CN(CCCC(=O)N1CCN(Cc2ccncc2)CC1)S(=O)(=O)c1cccs1. The number of hydrogen-bond donors (Lipinski definition) is 0. The third kappa shape index (κ3) is 5.38. The van der Waals surface area contributed by atoms with Gasteiger partial charge >= 0.3 is 0 Å². The van der Waals surface area contributed by atoms with E-state index in [1.807, 2.05) is 17.0 Å². The Morgan fingerprint density at radius 3 is 2.54 bits per heavy atom. The third-order valence-electron chi connectivity index (χ3n) is 4.90. The fourth-order valence-electron chi connectivity index (χ4n) is 3.20. The summed E-state index contributed by atoms with van der Waals surface area (Å²) >= 11 is 1.21. The molecule has 0 saturated carbocycles. The zero-order chi connectivity index (χ0) is 20.0. The predicted molar refractivity (Wildman–Crippen MR) is 109 cm³/mol. The summed E-state index contributed by atoms with van der Waals surface area (Å²) in [4.78, 5) is 20.7. The van der Waals surface area contributed by atoms with Crippen molar-refractivity contribution in [1.29, 1.82) is 0 Å². The van der Waals surface area contributed by atoms with Gasteiger partial charge in [-0.15, -0.1) is 11.3 Å². The van der Waals surface area contributed by atoms with Crippen molar-refractivity contribution in [3.05, 3.63) is 47.6 Å². The van der Waals surface area contributed by atoms with Gasteiger partial charge in [0.25, 0.3) is 10.0 Å². The molecule has 0 N–H and O–H groups in total. The molecule has 152 valence electrons. The maximum Gasteiger partial charge on any atom is 0.252 e. The van der Waals surface area contributed by atoms with Crippen LogP contribution < -0.4 is 0 Å². The van der Waals surface area contributed by atoms with E-state index in [0.717, 1.165) is 19.6 Å². The third-order valence-corrected chi connectivity index (χ3v) is 8.13. The van der Waals surface area contributed by atoms with Crippen LogP contribution in [0.1, 0.15) is 18.4 Å². The van der Waals surface area contributed by atoms with Gasteiger partial charge in [0.05, 0.1) is 0 Å². The molecule has 2 aromatic heterocycles. The highest BCUT2D eigenvalue weighted by atomic mass is 32.2. The molecular formula is C19H26N4O3S2. The van der Waals surface area contributed by atoms with Gasteiger partial charge in [0.2, 0.25) is 5.91 Å². The van der Waals surface area contributed by atoms with Crippen LogP contribution in [0.2, 0.25) is 0 Å². The van der Waals surface area contributed by atoms with Crippen LogP contribution in [-0.4, -0.2) is 73.2 Å². The van der Waals surface area contributed by atoms with Crippen LogP contribution in [0, 0.1) is 0 Å². The molecule has 0 radical (unpaired) electrons. The minimum atomic E-state index is -3.44. The zero-order valence-electron chi connectivity index (χ0n) is 16.0. The minimum Gasteiger partial charge on any atom is -0.340 e. The second-order valence-corrected chi connectivity index (χ2v) is 10.1. The van der Waals surface area contributed by atoms with E-state index in [2.05, 4.69) is 9.88 Å². The fourth-order valence-corrected chi connectivity index (χ4v) is 5.61. The van der Waals surface area contributed by atoms with Gasteiger partial charge in [0.15, 0.2) is 0 Å². The molecule has 9 heteroatoms. The van der Waals surface area contributed by atoms with Crippen LogP contribution >= 0.6 is 11.3 Å². The second-order valence-electron chi connectivity index (χ2n) is 6.87. The first-order valence-electron chi connectivity index (χ1n) is 9.36. The Kier molecular flexibility index (Phi) is 7.17. The van der Waals surface area contributed by atoms with Gasteiger partial charge in [-0.05, 0) is 35.6 Å². The molecule has 2 aromatic rings. The average Bonchev–Trinajstić information content (AvgIpc) is 3.25. The Morgan fingerprint density at radius 1 is 1.18 bits per heavy atom. The van der Waals surface area contributed by atoms with Crippen molar-refractivity contribution in [2.24, 2.45) is 0 Å². The monoisotopic (exact) mass is 422 g/mol. The topological polar surface area (TPSA) is 73.8 Å². The lowest BCUT2D eigenvalue weighted by Gasteiger charge is -2.35. The van der Waals surface area contributed by atoms with Crippen LogP contribution in [0.5, 0.6) is 0 Å². The number of aromatic nitrogens is 1. The molecule has 0 unspecified atom stereocenters. The number of sulfonamides is 1. The smallest absolute Gasteiger partial charge is 0.252 e. The summed E-state index contributed by atoms with van der Waals surface area (Å²) in [5, 5.41) is 1.75. The molecule has 28 heavy (non-hydrogen) atoms. The molecule has 0 aromatic carbocycles. The summed E-state index contributed by atoms with van der Waals surface area (Å²) in [6, 6.07) is 7.35. The molecule has 0 atom stereocenters. The largest absolute Gasteiger partial charge is 0.340 e. The Bertz CT molecular complexity index is 849. The molecule has 0 spiro atoms. The lowest BCUT2D eigenvalue weighted by atomic mass is 10.2. The Hall–Kier alpha value is -1.81. The quantitative estimate of drug-likeness (QED) is 0.650. The van der Waals surface area contributed by atoms with E-state index in [1.165, 1.54) is 21.2 Å². The molecule has 1 amide bonds. The summed E-state index contributed by atoms with van der Waals surface area (Å²) in [6.45, 7) is 4.34. The van der Waals surface area contributed by atoms with Gasteiger partial charge in [-0.3, -0.25) is 14.7 Å². The number of hydrogen-bond acceptors (Lipinski definition) is 6.